The Labute approximate surface area is 107 Å². The monoisotopic (exact) mass is 260 g/mol. The van der Waals surface area contributed by atoms with E-state index in [-0.39, 0.29) is 0 Å². The summed E-state index contributed by atoms with van der Waals surface area (Å²) in [7, 11) is -0.552. The van der Waals surface area contributed by atoms with Gasteiger partial charge in [0.05, 0.1) is 6.10 Å². The number of rotatable bonds is 5. The Morgan fingerprint density at radius 2 is 1.94 bits per heavy atom. The summed E-state index contributed by atoms with van der Waals surface area (Å²) >= 11 is 0. The molecule has 17 heavy (non-hydrogen) atoms. The zero-order chi connectivity index (χ0) is 11.9. The van der Waals surface area contributed by atoms with E-state index in [1.54, 1.807) is 0 Å². The van der Waals surface area contributed by atoms with E-state index in [2.05, 4.69) is 10.2 Å². The maximum atomic E-state index is 11.2. The quantitative estimate of drug-likeness (QED) is 0.718. The first kappa shape index (κ1) is 13.5. The molecular weight excluding hydrogens is 236 g/mol. The molecule has 0 aromatic heterocycles. The Kier molecular flexibility index (Phi) is 5.91. The average Bonchev–Trinajstić information content (AvgIpc) is 2.38. The third-order valence-electron chi connectivity index (χ3n) is 3.53. The van der Waals surface area contributed by atoms with Crippen LogP contribution in [0.1, 0.15) is 19.3 Å². The topological polar surface area (TPSA) is 41.6 Å². The van der Waals surface area contributed by atoms with Crippen LogP contribution in [-0.4, -0.2) is 66.0 Å². The van der Waals surface area contributed by atoms with Crippen LogP contribution in [0.5, 0.6) is 0 Å². The minimum absolute atomic E-state index is 0.477. The predicted molar refractivity (Wildman–Crippen MR) is 70.8 cm³/mol. The van der Waals surface area contributed by atoms with E-state index in [1.165, 1.54) is 0 Å². The van der Waals surface area contributed by atoms with E-state index >= 15 is 0 Å². The molecule has 4 nitrogen and oxygen atoms in total. The van der Waals surface area contributed by atoms with Gasteiger partial charge in [-0.1, -0.05) is 0 Å². The molecular formula is C12H24N2O2S. The molecule has 0 aromatic rings. The molecule has 5 heteroatoms. The molecule has 2 saturated heterocycles. The predicted octanol–water partition coefficient (Wildman–Crippen LogP) is 0.209. The number of nitrogens with one attached hydrogen (secondary N) is 1. The number of ether oxygens (including phenoxy) is 1. The Hall–Kier alpha value is 0.0300. The van der Waals surface area contributed by atoms with Crippen molar-refractivity contribution in [3.63, 3.8) is 0 Å². The lowest BCUT2D eigenvalue weighted by Crippen LogP contribution is -2.38. The fourth-order valence-corrected chi connectivity index (χ4v) is 3.53. The van der Waals surface area contributed by atoms with E-state index in [9.17, 15) is 4.21 Å². The lowest BCUT2D eigenvalue weighted by atomic mass is 10.1. The number of nitrogens with zero attached hydrogens (tertiary/aromatic N) is 1. The van der Waals surface area contributed by atoms with Crippen molar-refractivity contribution in [2.24, 2.45) is 0 Å². The molecule has 0 amide bonds. The smallest absolute Gasteiger partial charge is 0.0599 e. The van der Waals surface area contributed by atoms with Gasteiger partial charge in [0.2, 0.25) is 0 Å². The number of piperidine rings is 1. The molecule has 2 rings (SSSR count). The Balaban J connectivity index is 1.49. The Morgan fingerprint density at radius 1 is 1.24 bits per heavy atom. The van der Waals surface area contributed by atoms with E-state index < -0.39 is 10.8 Å². The van der Waals surface area contributed by atoms with Gasteiger partial charge in [0.15, 0.2) is 0 Å². The Morgan fingerprint density at radius 3 is 2.65 bits per heavy atom. The fraction of sp³-hybridized carbons (Fsp3) is 1.00. The van der Waals surface area contributed by atoms with Crippen LogP contribution in [0.25, 0.3) is 0 Å². The highest BCUT2D eigenvalue weighted by atomic mass is 32.2. The van der Waals surface area contributed by atoms with Crippen LogP contribution in [0, 0.1) is 0 Å². The van der Waals surface area contributed by atoms with Gasteiger partial charge in [0, 0.05) is 48.5 Å². The highest BCUT2D eigenvalue weighted by molar-refractivity contribution is 7.85. The van der Waals surface area contributed by atoms with E-state index in [0.29, 0.717) is 6.10 Å². The van der Waals surface area contributed by atoms with E-state index in [1.807, 2.05) is 0 Å². The SMILES string of the molecule is O=S1CCN(CCCOC2CCNCC2)CC1. The first-order valence-electron chi connectivity index (χ1n) is 6.74. The summed E-state index contributed by atoms with van der Waals surface area (Å²) in [6, 6.07) is 0. The molecule has 2 aliphatic heterocycles. The van der Waals surface area contributed by atoms with Crippen molar-refractivity contribution in [3.8, 4) is 0 Å². The molecule has 2 heterocycles. The first-order valence-corrected chi connectivity index (χ1v) is 8.23. The molecule has 0 aliphatic carbocycles. The van der Waals surface area contributed by atoms with Gasteiger partial charge in [-0.05, 0) is 32.4 Å². The fourth-order valence-electron chi connectivity index (χ4n) is 2.40. The van der Waals surface area contributed by atoms with Gasteiger partial charge in [0.1, 0.15) is 0 Å². The highest BCUT2D eigenvalue weighted by Gasteiger charge is 2.15. The van der Waals surface area contributed by atoms with Gasteiger partial charge in [-0.3, -0.25) is 4.21 Å². The van der Waals surface area contributed by atoms with Crippen molar-refractivity contribution < 1.29 is 8.95 Å². The van der Waals surface area contributed by atoms with Gasteiger partial charge < -0.3 is 15.0 Å². The molecule has 0 bridgehead atoms. The molecule has 0 saturated carbocycles. The van der Waals surface area contributed by atoms with E-state index in [4.69, 9.17) is 4.74 Å². The maximum absolute atomic E-state index is 11.2. The van der Waals surface area contributed by atoms with E-state index in [0.717, 1.165) is 70.1 Å². The lowest BCUT2D eigenvalue weighted by Gasteiger charge is -2.27. The second-order valence-electron chi connectivity index (χ2n) is 4.86. The summed E-state index contributed by atoms with van der Waals surface area (Å²) in [4.78, 5) is 2.41. The molecule has 2 aliphatic rings. The van der Waals surface area contributed by atoms with Crippen molar-refractivity contribution in [3.05, 3.63) is 0 Å². The van der Waals surface area contributed by atoms with Crippen LogP contribution in [0.4, 0.5) is 0 Å². The van der Waals surface area contributed by atoms with Crippen LogP contribution >= 0.6 is 0 Å². The standard InChI is InChI=1S/C12H24N2O2S/c15-17-10-7-14(8-11-17)6-1-9-16-12-2-4-13-5-3-12/h12-13H,1-11H2. The molecule has 2 fully saturated rings. The average molecular weight is 260 g/mol. The summed E-state index contributed by atoms with van der Waals surface area (Å²) in [6.45, 7) is 6.18. The third-order valence-corrected chi connectivity index (χ3v) is 4.80. The normalized spacial score (nSPS) is 25.2. The zero-order valence-corrected chi connectivity index (χ0v) is 11.3. The minimum Gasteiger partial charge on any atom is -0.378 e. The molecule has 1 N–H and O–H groups in total. The third kappa shape index (κ3) is 5.04. The van der Waals surface area contributed by atoms with Crippen molar-refractivity contribution >= 4 is 10.8 Å². The van der Waals surface area contributed by atoms with Crippen LogP contribution < -0.4 is 5.32 Å². The van der Waals surface area contributed by atoms with Crippen molar-refractivity contribution in [2.45, 2.75) is 25.4 Å². The molecule has 0 aromatic carbocycles. The van der Waals surface area contributed by atoms with Crippen LogP contribution in [-0.2, 0) is 15.5 Å². The zero-order valence-electron chi connectivity index (χ0n) is 10.5. The summed E-state index contributed by atoms with van der Waals surface area (Å²) in [5.41, 5.74) is 0. The first-order chi connectivity index (χ1) is 8.34. The van der Waals surface area contributed by atoms with Crippen LogP contribution in [0.15, 0.2) is 0 Å². The van der Waals surface area contributed by atoms with Gasteiger partial charge in [-0.25, -0.2) is 0 Å². The number of hydrogen-bond acceptors (Lipinski definition) is 4. The molecule has 0 spiro atoms. The van der Waals surface area contributed by atoms with Crippen molar-refractivity contribution in [1.29, 1.82) is 0 Å². The number of hydrogen-bond donors (Lipinski definition) is 1. The van der Waals surface area contributed by atoms with Crippen LogP contribution in [0.2, 0.25) is 0 Å². The lowest BCUT2D eigenvalue weighted by molar-refractivity contribution is 0.0281. The van der Waals surface area contributed by atoms with Gasteiger partial charge >= 0.3 is 0 Å². The Bertz CT molecular complexity index is 235. The summed E-state index contributed by atoms with van der Waals surface area (Å²) in [6.07, 6.45) is 3.90. The van der Waals surface area contributed by atoms with Crippen molar-refractivity contribution in [1.82, 2.24) is 10.2 Å². The maximum Gasteiger partial charge on any atom is 0.0599 e. The van der Waals surface area contributed by atoms with Gasteiger partial charge in [0.25, 0.3) is 0 Å². The second-order valence-corrected chi connectivity index (χ2v) is 6.56. The molecule has 0 atom stereocenters. The van der Waals surface area contributed by atoms with Crippen LogP contribution in [0.3, 0.4) is 0 Å². The summed E-state index contributed by atoms with van der Waals surface area (Å²) in [5, 5.41) is 3.34. The molecule has 0 unspecified atom stereocenters. The minimum atomic E-state index is -0.552. The molecule has 0 radical (unpaired) electrons. The second kappa shape index (κ2) is 7.46. The largest absolute Gasteiger partial charge is 0.378 e. The van der Waals surface area contributed by atoms with Crippen molar-refractivity contribution in [2.75, 3.05) is 50.8 Å². The summed E-state index contributed by atoms with van der Waals surface area (Å²) in [5.74, 6) is 1.71. The summed E-state index contributed by atoms with van der Waals surface area (Å²) < 4.78 is 17.1. The van der Waals surface area contributed by atoms with Gasteiger partial charge in [-0.2, -0.15) is 0 Å². The van der Waals surface area contributed by atoms with Gasteiger partial charge in [-0.15, -0.1) is 0 Å². The molecule has 100 valence electrons. The highest BCUT2D eigenvalue weighted by Crippen LogP contribution is 2.08.